The van der Waals surface area contributed by atoms with Gasteiger partial charge in [-0.3, -0.25) is 0 Å². The number of nitrogens with zero attached hydrogens (tertiary/aromatic N) is 3. The molecule has 0 radical (unpaired) electrons. The van der Waals surface area contributed by atoms with Crippen molar-refractivity contribution >= 4 is 43.6 Å². The Kier molecular flexibility index (Phi) is 5.88. The number of nitriles is 1. The summed E-state index contributed by atoms with van der Waals surface area (Å²) >= 11 is 0. The van der Waals surface area contributed by atoms with E-state index in [1.54, 1.807) is 0 Å². The highest BCUT2D eigenvalue weighted by atomic mass is 15.0. The van der Waals surface area contributed by atoms with Gasteiger partial charge in [0.2, 0.25) is 0 Å². The highest BCUT2D eigenvalue weighted by molar-refractivity contribution is 6.10. The van der Waals surface area contributed by atoms with Gasteiger partial charge in [0.25, 0.3) is 0 Å². The molecule has 0 spiro atoms. The number of aromatic nitrogens is 2. The van der Waals surface area contributed by atoms with E-state index in [4.69, 9.17) is 0 Å². The van der Waals surface area contributed by atoms with Gasteiger partial charge in [0, 0.05) is 32.8 Å². The summed E-state index contributed by atoms with van der Waals surface area (Å²) in [5.74, 6) is 0. The molecule has 0 saturated carbocycles. The Hall–Kier alpha value is -6.37. The van der Waals surface area contributed by atoms with Gasteiger partial charge in [0.15, 0.2) is 0 Å². The second kappa shape index (κ2) is 10.4. The molecule has 0 aliphatic rings. The number of para-hydroxylation sites is 4. The largest absolute Gasteiger partial charge is 0.309 e. The molecule has 3 nitrogen and oxygen atoms in total. The van der Waals surface area contributed by atoms with Crippen LogP contribution in [0.1, 0.15) is 5.56 Å². The lowest BCUT2D eigenvalue weighted by Gasteiger charge is -2.18. The predicted molar refractivity (Wildman–Crippen MR) is 191 cm³/mol. The molecule has 2 aromatic heterocycles. The van der Waals surface area contributed by atoms with Gasteiger partial charge in [-0.1, -0.05) is 109 Å². The van der Waals surface area contributed by atoms with E-state index in [1.165, 1.54) is 21.5 Å². The first-order valence-corrected chi connectivity index (χ1v) is 15.5. The quantitative estimate of drug-likeness (QED) is 0.202. The van der Waals surface area contributed by atoms with Crippen molar-refractivity contribution in [1.29, 1.82) is 5.26 Å². The number of benzene rings is 7. The molecule has 0 N–H and O–H groups in total. The molecule has 0 saturated heterocycles. The maximum absolute atomic E-state index is 10.4. The lowest BCUT2D eigenvalue weighted by atomic mass is 9.95. The minimum Gasteiger partial charge on any atom is -0.309 e. The van der Waals surface area contributed by atoms with E-state index < -0.39 is 0 Å². The van der Waals surface area contributed by atoms with Crippen LogP contribution in [0, 0.1) is 11.3 Å². The van der Waals surface area contributed by atoms with E-state index >= 15 is 0 Å². The summed E-state index contributed by atoms with van der Waals surface area (Å²) < 4.78 is 4.66. The molecular formula is C43H27N3. The number of fused-ring (bicyclic) bond motifs is 6. The maximum Gasteiger partial charge on any atom is 0.0992 e. The van der Waals surface area contributed by atoms with Gasteiger partial charge < -0.3 is 9.13 Å². The zero-order valence-corrected chi connectivity index (χ0v) is 24.9. The van der Waals surface area contributed by atoms with Crippen molar-refractivity contribution in [2.24, 2.45) is 0 Å². The molecule has 9 aromatic rings. The smallest absolute Gasteiger partial charge is 0.0992 e. The molecule has 7 aromatic carbocycles. The summed E-state index contributed by atoms with van der Waals surface area (Å²) in [5.41, 5.74) is 11.5. The molecule has 0 atom stereocenters. The number of rotatable bonds is 4. The van der Waals surface area contributed by atoms with Gasteiger partial charge in [-0.25, -0.2) is 0 Å². The van der Waals surface area contributed by atoms with Crippen LogP contribution >= 0.6 is 0 Å². The first kappa shape index (κ1) is 26.1. The Morgan fingerprint density at radius 1 is 0.391 bits per heavy atom. The molecule has 0 aliphatic heterocycles. The first-order valence-electron chi connectivity index (χ1n) is 15.5. The van der Waals surface area contributed by atoms with Crippen molar-refractivity contribution in [2.75, 3.05) is 0 Å². The summed E-state index contributed by atoms with van der Waals surface area (Å²) in [7, 11) is 0. The fourth-order valence-electron chi connectivity index (χ4n) is 7.12. The highest BCUT2D eigenvalue weighted by Gasteiger charge is 2.19. The normalized spacial score (nSPS) is 11.5. The van der Waals surface area contributed by atoms with Crippen molar-refractivity contribution in [3.8, 4) is 39.7 Å². The minimum atomic E-state index is 0.618. The molecule has 0 amide bonds. The maximum atomic E-state index is 10.4. The third kappa shape index (κ3) is 3.98. The second-order valence-corrected chi connectivity index (χ2v) is 11.7. The number of hydrogen-bond donors (Lipinski definition) is 0. The topological polar surface area (TPSA) is 33.6 Å². The summed E-state index contributed by atoms with van der Waals surface area (Å²) in [6.07, 6.45) is 0. The third-order valence-electron chi connectivity index (χ3n) is 9.12. The molecule has 2 heterocycles. The molecule has 214 valence electrons. The first-order chi connectivity index (χ1) is 22.8. The van der Waals surface area contributed by atoms with Gasteiger partial charge in [0.05, 0.1) is 39.4 Å². The lowest BCUT2D eigenvalue weighted by Crippen LogP contribution is -2.00. The van der Waals surface area contributed by atoms with E-state index in [-0.39, 0.29) is 0 Å². The summed E-state index contributed by atoms with van der Waals surface area (Å²) in [6.45, 7) is 0. The van der Waals surface area contributed by atoms with Crippen LogP contribution in [0.4, 0.5) is 0 Å². The summed E-state index contributed by atoms with van der Waals surface area (Å²) in [6, 6.07) is 60.2. The predicted octanol–water partition coefficient (Wildman–Crippen LogP) is 11.1. The van der Waals surface area contributed by atoms with Crippen LogP contribution in [0.5, 0.6) is 0 Å². The second-order valence-electron chi connectivity index (χ2n) is 11.7. The molecule has 0 bridgehead atoms. The summed E-state index contributed by atoms with van der Waals surface area (Å²) in [4.78, 5) is 0. The Bertz CT molecular complexity index is 2540. The molecule has 0 unspecified atom stereocenters. The van der Waals surface area contributed by atoms with Crippen molar-refractivity contribution < 1.29 is 0 Å². The van der Waals surface area contributed by atoms with Gasteiger partial charge >= 0.3 is 0 Å². The average molecular weight is 586 g/mol. The van der Waals surface area contributed by atoms with Gasteiger partial charge in [-0.2, -0.15) is 5.26 Å². The van der Waals surface area contributed by atoms with Crippen molar-refractivity contribution in [2.45, 2.75) is 0 Å². The van der Waals surface area contributed by atoms with Crippen LogP contribution in [0.25, 0.3) is 77.2 Å². The van der Waals surface area contributed by atoms with E-state index in [1.807, 2.05) is 18.2 Å². The molecular weight excluding hydrogens is 558 g/mol. The Morgan fingerprint density at radius 2 is 0.891 bits per heavy atom. The fraction of sp³-hybridized carbons (Fsp3) is 0. The van der Waals surface area contributed by atoms with E-state index in [2.05, 4.69) is 161 Å². The van der Waals surface area contributed by atoms with Crippen LogP contribution in [0.15, 0.2) is 164 Å². The fourth-order valence-corrected chi connectivity index (χ4v) is 7.12. The van der Waals surface area contributed by atoms with Crippen molar-refractivity contribution in [3.63, 3.8) is 0 Å². The zero-order valence-electron chi connectivity index (χ0n) is 24.9. The lowest BCUT2D eigenvalue weighted by molar-refractivity contribution is 1.17. The number of hydrogen-bond acceptors (Lipinski definition) is 1. The van der Waals surface area contributed by atoms with E-state index in [9.17, 15) is 5.26 Å². The molecule has 46 heavy (non-hydrogen) atoms. The molecule has 3 heteroatoms. The van der Waals surface area contributed by atoms with Crippen LogP contribution in [0.3, 0.4) is 0 Å². The van der Waals surface area contributed by atoms with Gasteiger partial charge in [-0.15, -0.1) is 0 Å². The zero-order chi connectivity index (χ0) is 30.6. The van der Waals surface area contributed by atoms with Crippen LogP contribution < -0.4 is 0 Å². The SMILES string of the molecule is N#Cc1cc(-c2cc(-c3ccccc3)ccc2-n2c3ccccc3c3ccccc32)cc(-n2c3ccccc3c3ccccc32)c1. The molecule has 0 aliphatic carbocycles. The van der Waals surface area contributed by atoms with E-state index in [0.29, 0.717) is 5.56 Å². The van der Waals surface area contributed by atoms with Gasteiger partial charge in [-0.05, 0) is 71.3 Å². The van der Waals surface area contributed by atoms with Gasteiger partial charge in [0.1, 0.15) is 0 Å². The standard InChI is InChI=1S/C43H27N3/c44-28-29-24-32(26-33(25-29)45-39-18-8-4-14-34(39)35-15-5-9-19-40(35)45)38-27-31(30-12-2-1-3-13-30)22-23-43(38)46-41-20-10-6-16-36(41)37-17-7-11-21-42(37)46/h1-27H. The molecule has 9 rings (SSSR count). The molecule has 0 fully saturated rings. The monoisotopic (exact) mass is 585 g/mol. The highest BCUT2D eigenvalue weighted by Crippen LogP contribution is 2.40. The van der Waals surface area contributed by atoms with Crippen LogP contribution in [-0.4, -0.2) is 9.13 Å². The Labute approximate surface area is 266 Å². The Balaban J connectivity index is 1.37. The average Bonchev–Trinajstić information content (AvgIpc) is 3.65. The minimum absolute atomic E-state index is 0.618. The van der Waals surface area contributed by atoms with E-state index in [0.717, 1.165) is 55.7 Å². The Morgan fingerprint density at radius 3 is 1.43 bits per heavy atom. The van der Waals surface area contributed by atoms with Crippen molar-refractivity contribution in [1.82, 2.24) is 9.13 Å². The van der Waals surface area contributed by atoms with Crippen molar-refractivity contribution in [3.05, 3.63) is 169 Å². The van der Waals surface area contributed by atoms with Crippen LogP contribution in [-0.2, 0) is 0 Å². The summed E-state index contributed by atoms with van der Waals surface area (Å²) in [5, 5.41) is 15.2. The van der Waals surface area contributed by atoms with Crippen LogP contribution in [0.2, 0.25) is 0 Å². The third-order valence-corrected chi connectivity index (χ3v) is 9.12.